The van der Waals surface area contributed by atoms with Crippen molar-refractivity contribution >= 4 is 62.0 Å². The highest BCUT2D eigenvalue weighted by atomic mass is 15.2. The topological polar surface area (TPSA) is 38.9 Å². The van der Waals surface area contributed by atoms with Crippen LogP contribution in [0.1, 0.15) is 50.7 Å². The van der Waals surface area contributed by atoms with Crippen LogP contribution in [0, 0.1) is 0 Å². The third-order valence-electron chi connectivity index (χ3n) is 11.5. The second-order valence-electron chi connectivity index (χ2n) is 15.5. The molecule has 0 unspecified atom stereocenters. The van der Waals surface area contributed by atoms with Gasteiger partial charge in [-0.3, -0.25) is 9.13 Å². The Hall–Kier alpha value is -6.66. The van der Waals surface area contributed by atoms with E-state index in [-0.39, 0.29) is 6.71 Å². The monoisotopic (exact) mass is 723 g/mol. The number of anilines is 3. The first-order valence-corrected chi connectivity index (χ1v) is 19.7. The highest BCUT2D eigenvalue weighted by Gasteiger charge is 2.36. The average molecular weight is 724 g/mol. The number of benzene rings is 6. The second kappa shape index (κ2) is 13.6. The van der Waals surface area contributed by atoms with Crippen molar-refractivity contribution in [3.8, 4) is 22.9 Å². The van der Waals surface area contributed by atoms with Gasteiger partial charge in [0.15, 0.2) is 0 Å². The van der Waals surface area contributed by atoms with E-state index in [9.17, 15) is 0 Å². The summed E-state index contributed by atoms with van der Waals surface area (Å²) in [6.45, 7) is 9.08. The zero-order valence-corrected chi connectivity index (χ0v) is 32.1. The van der Waals surface area contributed by atoms with Crippen molar-refractivity contribution in [3.05, 3.63) is 181 Å². The Balaban J connectivity index is 1.23. The highest BCUT2D eigenvalue weighted by Crippen LogP contribution is 2.39. The number of hydrogen-bond acceptors (Lipinski definition) is 3. The Morgan fingerprint density at radius 1 is 0.536 bits per heavy atom. The third kappa shape index (κ3) is 5.39. The Kier molecular flexibility index (Phi) is 8.21. The summed E-state index contributed by atoms with van der Waals surface area (Å²) in [5.41, 5.74) is 14.5. The van der Waals surface area contributed by atoms with Gasteiger partial charge in [0, 0.05) is 52.0 Å². The summed E-state index contributed by atoms with van der Waals surface area (Å²) in [5, 5.41) is 2.43. The van der Waals surface area contributed by atoms with E-state index in [4.69, 9.17) is 9.97 Å². The maximum atomic E-state index is 5.08. The van der Waals surface area contributed by atoms with Gasteiger partial charge in [-0.2, -0.15) is 0 Å². The van der Waals surface area contributed by atoms with Crippen LogP contribution in [0.25, 0.3) is 44.7 Å². The van der Waals surface area contributed by atoms with E-state index in [2.05, 4.69) is 194 Å². The molecule has 0 N–H and O–H groups in total. The molecule has 5 nitrogen and oxygen atoms in total. The maximum absolute atomic E-state index is 5.08. The highest BCUT2D eigenvalue weighted by molar-refractivity contribution is 6.98. The lowest BCUT2D eigenvalue weighted by Gasteiger charge is -2.37. The summed E-state index contributed by atoms with van der Waals surface area (Å²) in [7, 11) is 0. The standard InChI is InChI=1S/C50H42BN5/c1-33(2)38-18-14-19-39(34(3)4)49(38)54-30-29-53-50(54)35-24-27-46-43(31-35)51(42-20-9-11-22-45(42)55(46)37-15-6-5-7-16-37)36-25-26-41-40-17-8-10-21-44(40)56(47(41)32-36)48-23-12-13-28-52-48/h5-34H,1-4H3. The summed E-state index contributed by atoms with van der Waals surface area (Å²) in [6.07, 6.45) is 5.96. The molecule has 3 aromatic heterocycles. The molecule has 0 radical (unpaired) electrons. The first-order valence-electron chi connectivity index (χ1n) is 19.7. The summed E-state index contributed by atoms with van der Waals surface area (Å²) in [5.74, 6) is 2.57. The maximum Gasteiger partial charge on any atom is 0.246 e. The van der Waals surface area contributed by atoms with Crippen molar-refractivity contribution in [1.29, 1.82) is 0 Å². The van der Waals surface area contributed by atoms with E-state index in [1.54, 1.807) is 0 Å². The largest absolute Gasteiger partial charge is 0.312 e. The van der Waals surface area contributed by atoms with Crippen LogP contribution in [-0.2, 0) is 0 Å². The molecule has 0 amide bonds. The zero-order chi connectivity index (χ0) is 37.9. The Labute approximate surface area is 328 Å². The smallest absolute Gasteiger partial charge is 0.246 e. The molecule has 0 bridgehead atoms. The van der Waals surface area contributed by atoms with Crippen LogP contribution in [0.3, 0.4) is 0 Å². The minimum atomic E-state index is -0.0432. The van der Waals surface area contributed by atoms with Crippen molar-refractivity contribution in [3.63, 3.8) is 0 Å². The molecule has 10 rings (SSSR count). The Morgan fingerprint density at radius 2 is 1.25 bits per heavy atom. The molecule has 0 fully saturated rings. The van der Waals surface area contributed by atoms with Crippen LogP contribution in [0.2, 0.25) is 0 Å². The van der Waals surface area contributed by atoms with Gasteiger partial charge in [0.25, 0.3) is 0 Å². The summed E-state index contributed by atoms with van der Waals surface area (Å²) < 4.78 is 4.64. The quantitative estimate of drug-likeness (QED) is 0.154. The van der Waals surface area contributed by atoms with Gasteiger partial charge < -0.3 is 4.90 Å². The molecule has 0 saturated carbocycles. The average Bonchev–Trinajstić information content (AvgIpc) is 3.86. The minimum absolute atomic E-state index is 0.0432. The second-order valence-corrected chi connectivity index (χ2v) is 15.5. The molecule has 0 atom stereocenters. The Morgan fingerprint density at radius 3 is 2.04 bits per heavy atom. The van der Waals surface area contributed by atoms with E-state index in [0.29, 0.717) is 11.8 Å². The summed E-state index contributed by atoms with van der Waals surface area (Å²) >= 11 is 0. The lowest BCUT2D eigenvalue weighted by molar-refractivity contribution is 0.807. The van der Waals surface area contributed by atoms with Crippen LogP contribution in [0.4, 0.5) is 17.1 Å². The number of imidazole rings is 1. The molecule has 0 spiro atoms. The minimum Gasteiger partial charge on any atom is -0.312 e. The third-order valence-corrected chi connectivity index (χ3v) is 11.5. The number of para-hydroxylation sites is 4. The van der Waals surface area contributed by atoms with E-state index >= 15 is 0 Å². The molecule has 56 heavy (non-hydrogen) atoms. The summed E-state index contributed by atoms with van der Waals surface area (Å²) in [6, 6.07) is 55.2. The van der Waals surface area contributed by atoms with E-state index in [0.717, 1.165) is 39.6 Å². The van der Waals surface area contributed by atoms with Gasteiger partial charge >= 0.3 is 0 Å². The molecule has 0 saturated heterocycles. The Bertz CT molecular complexity index is 2860. The fourth-order valence-corrected chi connectivity index (χ4v) is 8.96. The molecule has 4 heterocycles. The molecule has 9 aromatic rings. The molecular weight excluding hydrogens is 681 g/mol. The van der Waals surface area contributed by atoms with Crippen LogP contribution >= 0.6 is 0 Å². The number of fused-ring (bicyclic) bond motifs is 5. The molecular formula is C50H42BN5. The van der Waals surface area contributed by atoms with E-state index in [1.165, 1.54) is 49.7 Å². The predicted octanol–water partition coefficient (Wildman–Crippen LogP) is 10.6. The molecule has 1 aliphatic rings. The van der Waals surface area contributed by atoms with Crippen LogP contribution in [0.5, 0.6) is 0 Å². The number of aromatic nitrogens is 4. The van der Waals surface area contributed by atoms with Crippen molar-refractivity contribution in [2.24, 2.45) is 0 Å². The van der Waals surface area contributed by atoms with Crippen LogP contribution in [-0.4, -0.2) is 25.8 Å². The predicted molar refractivity (Wildman–Crippen MR) is 235 cm³/mol. The molecule has 6 heteroatoms. The lowest BCUT2D eigenvalue weighted by atomic mass is 9.35. The molecule has 6 aromatic carbocycles. The summed E-state index contributed by atoms with van der Waals surface area (Å²) in [4.78, 5) is 12.3. The van der Waals surface area contributed by atoms with Gasteiger partial charge in [-0.25, -0.2) is 9.97 Å². The lowest BCUT2D eigenvalue weighted by Crippen LogP contribution is -2.57. The van der Waals surface area contributed by atoms with Crippen molar-refractivity contribution in [1.82, 2.24) is 19.1 Å². The normalized spacial score (nSPS) is 12.5. The van der Waals surface area contributed by atoms with Gasteiger partial charge in [0.2, 0.25) is 6.71 Å². The van der Waals surface area contributed by atoms with Crippen LogP contribution in [0.15, 0.2) is 170 Å². The number of nitrogens with zero attached hydrogens (tertiary/aromatic N) is 5. The molecule has 270 valence electrons. The van der Waals surface area contributed by atoms with Gasteiger partial charge in [0.05, 0.1) is 16.7 Å². The van der Waals surface area contributed by atoms with Crippen molar-refractivity contribution in [2.45, 2.75) is 39.5 Å². The first kappa shape index (κ1) is 33.9. The molecule has 0 aliphatic carbocycles. The first-order chi connectivity index (χ1) is 27.5. The fourth-order valence-electron chi connectivity index (χ4n) is 8.96. The van der Waals surface area contributed by atoms with Crippen molar-refractivity contribution in [2.75, 3.05) is 4.90 Å². The van der Waals surface area contributed by atoms with Gasteiger partial charge in [-0.05, 0) is 88.5 Å². The molecule has 1 aliphatic heterocycles. The zero-order valence-electron chi connectivity index (χ0n) is 32.1. The fraction of sp³-hybridized carbons (Fsp3) is 0.120. The van der Waals surface area contributed by atoms with Gasteiger partial charge in [-0.15, -0.1) is 0 Å². The number of rotatable bonds is 7. The van der Waals surface area contributed by atoms with E-state index < -0.39 is 0 Å². The number of hydrogen-bond donors (Lipinski definition) is 0. The SMILES string of the molecule is CC(C)c1cccc(C(C)C)c1-n1ccnc1-c1ccc2c(c1)B(c1ccc3c4ccccc4n(-c4ccccn4)c3c1)c1ccccc1N2c1ccccc1. The van der Waals surface area contributed by atoms with E-state index in [1.807, 2.05) is 18.5 Å². The van der Waals surface area contributed by atoms with Crippen LogP contribution < -0.4 is 21.3 Å². The van der Waals surface area contributed by atoms with Gasteiger partial charge in [0.1, 0.15) is 11.6 Å². The van der Waals surface area contributed by atoms with Gasteiger partial charge in [-0.1, -0.05) is 130 Å². The van der Waals surface area contributed by atoms with Crippen molar-refractivity contribution < 1.29 is 0 Å². The number of pyridine rings is 1.